The number of fused-ring (bicyclic) bond motifs is 1. The Labute approximate surface area is 129 Å². The number of anilines is 2. The Morgan fingerprint density at radius 1 is 1.05 bits per heavy atom. The normalized spacial score (nSPS) is 17.7. The Balaban J connectivity index is 1.54. The molecule has 1 aromatic heterocycles. The summed E-state index contributed by atoms with van der Waals surface area (Å²) in [5, 5.41) is 4.31. The molecule has 0 amide bonds. The smallest absolute Gasteiger partial charge is 0.227 e. The first-order valence-electron chi connectivity index (χ1n) is 7.55. The van der Waals surface area contributed by atoms with E-state index >= 15 is 0 Å². The Kier molecular flexibility index (Phi) is 3.45. The van der Waals surface area contributed by atoms with E-state index < -0.39 is 0 Å². The SMILES string of the molecule is c1ccc2nc(Nc3ccc(C4CCOC4)cc3)ncc2c1. The van der Waals surface area contributed by atoms with Crippen molar-refractivity contribution in [1.29, 1.82) is 0 Å². The van der Waals surface area contributed by atoms with Crippen LogP contribution in [0.5, 0.6) is 0 Å². The maximum atomic E-state index is 5.44. The number of nitrogens with one attached hydrogen (secondary N) is 1. The van der Waals surface area contributed by atoms with Crippen molar-refractivity contribution in [2.45, 2.75) is 12.3 Å². The summed E-state index contributed by atoms with van der Waals surface area (Å²) in [6.07, 6.45) is 2.95. The van der Waals surface area contributed by atoms with Crippen LogP contribution in [0.2, 0.25) is 0 Å². The largest absolute Gasteiger partial charge is 0.381 e. The molecule has 4 nitrogen and oxygen atoms in total. The number of hydrogen-bond donors (Lipinski definition) is 1. The van der Waals surface area contributed by atoms with E-state index in [9.17, 15) is 0 Å². The highest BCUT2D eigenvalue weighted by Crippen LogP contribution is 2.26. The Hall–Kier alpha value is -2.46. The molecule has 2 heterocycles. The highest BCUT2D eigenvalue weighted by atomic mass is 16.5. The fourth-order valence-electron chi connectivity index (χ4n) is 2.80. The number of rotatable bonds is 3. The zero-order valence-corrected chi connectivity index (χ0v) is 12.2. The molecule has 1 aliphatic rings. The van der Waals surface area contributed by atoms with Crippen LogP contribution in [0.25, 0.3) is 10.9 Å². The van der Waals surface area contributed by atoms with Crippen molar-refractivity contribution in [3.05, 3.63) is 60.3 Å². The van der Waals surface area contributed by atoms with Crippen molar-refractivity contribution < 1.29 is 4.74 Å². The van der Waals surface area contributed by atoms with Gasteiger partial charge in [-0.05, 0) is 30.2 Å². The molecule has 2 aromatic carbocycles. The molecular weight excluding hydrogens is 274 g/mol. The van der Waals surface area contributed by atoms with E-state index in [1.54, 1.807) is 0 Å². The quantitative estimate of drug-likeness (QED) is 0.795. The van der Waals surface area contributed by atoms with Gasteiger partial charge in [0.15, 0.2) is 0 Å². The van der Waals surface area contributed by atoms with Crippen LogP contribution in [0.3, 0.4) is 0 Å². The van der Waals surface area contributed by atoms with Gasteiger partial charge in [0, 0.05) is 29.8 Å². The molecule has 22 heavy (non-hydrogen) atoms. The molecule has 1 saturated heterocycles. The van der Waals surface area contributed by atoms with Gasteiger partial charge in [-0.15, -0.1) is 0 Å². The van der Waals surface area contributed by atoms with E-state index in [1.807, 2.05) is 30.5 Å². The molecule has 0 saturated carbocycles. The van der Waals surface area contributed by atoms with E-state index in [0.717, 1.165) is 36.2 Å². The maximum Gasteiger partial charge on any atom is 0.227 e. The third kappa shape index (κ3) is 2.65. The van der Waals surface area contributed by atoms with Crippen LogP contribution in [0.1, 0.15) is 17.9 Å². The van der Waals surface area contributed by atoms with Crippen LogP contribution in [0, 0.1) is 0 Å². The molecule has 0 aliphatic carbocycles. The van der Waals surface area contributed by atoms with Crippen LogP contribution >= 0.6 is 0 Å². The number of hydrogen-bond acceptors (Lipinski definition) is 4. The second-order valence-electron chi connectivity index (χ2n) is 5.56. The monoisotopic (exact) mass is 291 g/mol. The van der Waals surface area contributed by atoms with Gasteiger partial charge < -0.3 is 10.1 Å². The van der Waals surface area contributed by atoms with Gasteiger partial charge in [0.25, 0.3) is 0 Å². The van der Waals surface area contributed by atoms with Gasteiger partial charge >= 0.3 is 0 Å². The molecule has 1 N–H and O–H groups in total. The molecule has 0 radical (unpaired) electrons. The fourth-order valence-corrected chi connectivity index (χ4v) is 2.80. The van der Waals surface area contributed by atoms with Crippen molar-refractivity contribution in [3.8, 4) is 0 Å². The summed E-state index contributed by atoms with van der Waals surface area (Å²) in [6.45, 7) is 1.70. The van der Waals surface area contributed by atoms with Crippen LogP contribution in [-0.2, 0) is 4.74 Å². The van der Waals surface area contributed by atoms with Crippen molar-refractivity contribution in [2.24, 2.45) is 0 Å². The lowest BCUT2D eigenvalue weighted by Crippen LogP contribution is -1.99. The second-order valence-corrected chi connectivity index (χ2v) is 5.56. The van der Waals surface area contributed by atoms with E-state index in [0.29, 0.717) is 11.9 Å². The lowest BCUT2D eigenvalue weighted by Gasteiger charge is -2.10. The average Bonchev–Trinajstić information content (AvgIpc) is 3.10. The lowest BCUT2D eigenvalue weighted by atomic mass is 9.98. The molecule has 1 unspecified atom stereocenters. The molecule has 4 rings (SSSR count). The van der Waals surface area contributed by atoms with Gasteiger partial charge in [0.2, 0.25) is 5.95 Å². The molecule has 1 aliphatic heterocycles. The molecule has 3 aromatic rings. The molecule has 4 heteroatoms. The van der Waals surface area contributed by atoms with Crippen molar-refractivity contribution in [2.75, 3.05) is 18.5 Å². The van der Waals surface area contributed by atoms with E-state index in [2.05, 4.69) is 39.6 Å². The molecule has 110 valence electrons. The molecule has 0 spiro atoms. The van der Waals surface area contributed by atoms with Gasteiger partial charge in [0.05, 0.1) is 12.1 Å². The van der Waals surface area contributed by atoms with Crippen LogP contribution in [0.15, 0.2) is 54.7 Å². The first-order chi connectivity index (χ1) is 10.9. The number of benzene rings is 2. The number of para-hydroxylation sites is 1. The van der Waals surface area contributed by atoms with Crippen molar-refractivity contribution in [1.82, 2.24) is 9.97 Å². The minimum Gasteiger partial charge on any atom is -0.381 e. The third-order valence-electron chi connectivity index (χ3n) is 4.06. The minimum absolute atomic E-state index is 0.533. The molecular formula is C18H17N3O. The summed E-state index contributed by atoms with van der Waals surface area (Å²) in [7, 11) is 0. The molecule has 1 atom stereocenters. The fraction of sp³-hybridized carbons (Fsp3) is 0.222. The van der Waals surface area contributed by atoms with Crippen molar-refractivity contribution in [3.63, 3.8) is 0 Å². The first-order valence-corrected chi connectivity index (χ1v) is 7.55. The van der Waals surface area contributed by atoms with Gasteiger partial charge in [-0.25, -0.2) is 9.97 Å². The lowest BCUT2D eigenvalue weighted by molar-refractivity contribution is 0.194. The molecule has 0 bridgehead atoms. The van der Waals surface area contributed by atoms with Gasteiger partial charge in [0.1, 0.15) is 0 Å². The van der Waals surface area contributed by atoms with Gasteiger partial charge in [-0.3, -0.25) is 0 Å². The minimum atomic E-state index is 0.533. The highest BCUT2D eigenvalue weighted by molar-refractivity contribution is 5.78. The summed E-state index contributed by atoms with van der Waals surface area (Å²) in [4.78, 5) is 8.89. The summed E-state index contributed by atoms with van der Waals surface area (Å²) in [6, 6.07) is 16.4. The highest BCUT2D eigenvalue weighted by Gasteiger charge is 2.17. The Bertz CT molecular complexity index is 780. The van der Waals surface area contributed by atoms with Gasteiger partial charge in [-0.1, -0.05) is 30.3 Å². The Morgan fingerprint density at radius 2 is 1.91 bits per heavy atom. The van der Waals surface area contributed by atoms with Crippen LogP contribution < -0.4 is 5.32 Å². The predicted molar refractivity (Wildman–Crippen MR) is 87.4 cm³/mol. The summed E-state index contributed by atoms with van der Waals surface area (Å²) in [5.74, 6) is 1.15. The summed E-state index contributed by atoms with van der Waals surface area (Å²) < 4.78 is 5.44. The third-order valence-corrected chi connectivity index (χ3v) is 4.06. The first kappa shape index (κ1) is 13.2. The summed E-state index contributed by atoms with van der Waals surface area (Å²) in [5.41, 5.74) is 3.28. The van der Waals surface area contributed by atoms with Crippen molar-refractivity contribution >= 4 is 22.5 Å². The van der Waals surface area contributed by atoms with Crippen LogP contribution in [0.4, 0.5) is 11.6 Å². The average molecular weight is 291 g/mol. The van der Waals surface area contributed by atoms with E-state index in [4.69, 9.17) is 4.74 Å². The van der Waals surface area contributed by atoms with Crippen LogP contribution in [-0.4, -0.2) is 23.2 Å². The van der Waals surface area contributed by atoms with E-state index in [-0.39, 0.29) is 0 Å². The second kappa shape index (κ2) is 5.73. The zero-order valence-electron chi connectivity index (χ0n) is 12.2. The number of nitrogens with zero attached hydrogens (tertiary/aromatic N) is 2. The van der Waals surface area contributed by atoms with Gasteiger partial charge in [-0.2, -0.15) is 0 Å². The summed E-state index contributed by atoms with van der Waals surface area (Å²) >= 11 is 0. The Morgan fingerprint density at radius 3 is 2.73 bits per heavy atom. The predicted octanol–water partition coefficient (Wildman–Crippen LogP) is 3.88. The number of ether oxygens (including phenoxy) is 1. The topological polar surface area (TPSA) is 47.0 Å². The maximum absolute atomic E-state index is 5.44. The molecule has 1 fully saturated rings. The number of aromatic nitrogens is 2. The van der Waals surface area contributed by atoms with E-state index in [1.165, 1.54) is 5.56 Å². The standard InChI is InChI=1S/C18H17N3O/c1-2-4-17-14(3-1)11-19-18(21-17)20-16-7-5-13(6-8-16)15-9-10-22-12-15/h1-8,11,15H,9-10,12H2,(H,19,20,21). The zero-order chi connectivity index (χ0) is 14.8.